The maximum Gasteiger partial charge on any atom is 0.155 e. The number of halogens is 2. The van der Waals surface area contributed by atoms with Crippen molar-refractivity contribution in [2.45, 2.75) is 13.8 Å². The zero-order valence-electron chi connectivity index (χ0n) is 16.5. The summed E-state index contributed by atoms with van der Waals surface area (Å²) in [6.07, 6.45) is 1.70. The molecule has 5 rings (SSSR count). The quantitative estimate of drug-likeness (QED) is 0.329. The van der Waals surface area contributed by atoms with Crippen LogP contribution in [0.25, 0.3) is 44.9 Å². The van der Waals surface area contributed by atoms with E-state index < -0.39 is 5.82 Å². The lowest BCUT2D eigenvalue weighted by Crippen LogP contribution is -1.87. The van der Waals surface area contributed by atoms with E-state index in [1.165, 1.54) is 22.8 Å². The summed E-state index contributed by atoms with van der Waals surface area (Å²) in [7, 11) is 0. The molecule has 0 radical (unpaired) electrons. The molecule has 5 aromatic rings. The van der Waals surface area contributed by atoms with Gasteiger partial charge in [-0.05, 0) is 55.3 Å². The highest BCUT2D eigenvalue weighted by molar-refractivity contribution is 6.33. The van der Waals surface area contributed by atoms with E-state index in [-0.39, 0.29) is 5.56 Å². The Morgan fingerprint density at radius 2 is 1.73 bits per heavy atom. The number of aryl methyl sites for hydroxylation is 2. The van der Waals surface area contributed by atoms with Crippen molar-refractivity contribution in [2.24, 2.45) is 0 Å². The summed E-state index contributed by atoms with van der Waals surface area (Å²) >= 11 is 6.16. The number of hydrogen-bond acceptors (Lipinski definition) is 2. The Labute approximate surface area is 178 Å². The van der Waals surface area contributed by atoms with Gasteiger partial charge in [0.05, 0.1) is 10.6 Å². The number of aromatic amines is 1. The summed E-state index contributed by atoms with van der Waals surface area (Å²) in [5.41, 5.74) is 6.37. The minimum absolute atomic E-state index is 0.249. The van der Waals surface area contributed by atoms with Crippen LogP contribution in [0.4, 0.5) is 4.39 Å². The van der Waals surface area contributed by atoms with Gasteiger partial charge in [0.1, 0.15) is 22.9 Å². The first kappa shape index (κ1) is 18.6. The van der Waals surface area contributed by atoms with E-state index in [2.05, 4.69) is 54.1 Å². The molecule has 0 saturated carbocycles. The average molecular weight is 417 g/mol. The topological polar surface area (TPSA) is 41.8 Å². The van der Waals surface area contributed by atoms with Crippen LogP contribution in [0, 0.1) is 19.7 Å². The summed E-state index contributed by atoms with van der Waals surface area (Å²) in [4.78, 5) is 7.50. The van der Waals surface area contributed by atoms with Gasteiger partial charge >= 0.3 is 0 Å². The molecule has 0 unspecified atom stereocenters. The van der Waals surface area contributed by atoms with Crippen molar-refractivity contribution in [3.05, 3.63) is 88.8 Å². The summed E-state index contributed by atoms with van der Waals surface area (Å²) < 4.78 is 20.2. The lowest BCUT2D eigenvalue weighted by Gasteiger charge is -2.05. The summed E-state index contributed by atoms with van der Waals surface area (Å²) in [5, 5.41) is 1.29. The minimum atomic E-state index is -0.425. The van der Waals surface area contributed by atoms with Crippen molar-refractivity contribution < 1.29 is 8.81 Å². The number of furan rings is 1. The molecule has 2 aromatic heterocycles. The Morgan fingerprint density at radius 1 is 0.933 bits per heavy atom. The van der Waals surface area contributed by atoms with Crippen molar-refractivity contribution in [1.29, 1.82) is 0 Å². The highest BCUT2D eigenvalue weighted by Crippen LogP contribution is 2.33. The second-order valence-electron chi connectivity index (χ2n) is 7.47. The molecule has 0 atom stereocenters. The van der Waals surface area contributed by atoms with E-state index in [0.717, 1.165) is 16.5 Å². The van der Waals surface area contributed by atoms with E-state index in [1.54, 1.807) is 18.3 Å². The molecule has 3 nitrogen and oxygen atoms in total. The predicted octanol–water partition coefficient (Wildman–Crippen LogP) is 7.57. The lowest BCUT2D eigenvalue weighted by atomic mass is 10.00. The van der Waals surface area contributed by atoms with E-state index in [9.17, 15) is 4.39 Å². The molecule has 0 aliphatic heterocycles. The van der Waals surface area contributed by atoms with Crippen molar-refractivity contribution in [3.63, 3.8) is 0 Å². The van der Waals surface area contributed by atoms with Crippen molar-refractivity contribution in [3.8, 4) is 34.0 Å². The molecule has 148 valence electrons. The van der Waals surface area contributed by atoms with Gasteiger partial charge < -0.3 is 9.40 Å². The Kier molecular flexibility index (Phi) is 4.44. The zero-order chi connectivity index (χ0) is 20.8. The number of nitrogens with one attached hydrogen (secondary N) is 1. The molecule has 0 aliphatic rings. The van der Waals surface area contributed by atoms with Gasteiger partial charge in [0, 0.05) is 11.6 Å². The van der Waals surface area contributed by atoms with Gasteiger partial charge in [0.15, 0.2) is 5.76 Å². The molecule has 0 spiro atoms. The van der Waals surface area contributed by atoms with Crippen LogP contribution in [0.15, 0.2) is 71.3 Å². The Bertz CT molecular complexity index is 1360. The van der Waals surface area contributed by atoms with Gasteiger partial charge in [-0.1, -0.05) is 53.1 Å². The number of hydrogen-bond donors (Lipinski definition) is 1. The van der Waals surface area contributed by atoms with Crippen molar-refractivity contribution >= 4 is 22.6 Å². The molecule has 3 aromatic carbocycles. The average Bonchev–Trinajstić information content (AvgIpc) is 3.33. The van der Waals surface area contributed by atoms with Gasteiger partial charge in [-0.25, -0.2) is 9.37 Å². The summed E-state index contributed by atoms with van der Waals surface area (Å²) in [6.45, 7) is 4.20. The Morgan fingerprint density at radius 3 is 2.50 bits per heavy atom. The fourth-order valence-corrected chi connectivity index (χ4v) is 4.04. The third kappa shape index (κ3) is 3.29. The smallest absolute Gasteiger partial charge is 0.155 e. The monoisotopic (exact) mass is 416 g/mol. The summed E-state index contributed by atoms with van der Waals surface area (Å²) in [5.74, 6) is 0.549. The van der Waals surface area contributed by atoms with Gasteiger partial charge in [-0.3, -0.25) is 0 Å². The highest BCUT2D eigenvalue weighted by Gasteiger charge is 2.16. The van der Waals surface area contributed by atoms with Crippen LogP contribution in [-0.4, -0.2) is 9.97 Å². The molecule has 0 bridgehead atoms. The molecule has 0 aliphatic carbocycles. The van der Waals surface area contributed by atoms with Gasteiger partial charge in [0.25, 0.3) is 0 Å². The van der Waals surface area contributed by atoms with E-state index in [0.29, 0.717) is 22.3 Å². The number of nitrogens with zero attached hydrogens (tertiary/aromatic N) is 1. The third-order valence-electron chi connectivity index (χ3n) is 5.10. The standard InChI is InChI=1S/C25H18ClFN2O/c1-14-8-15(2)10-17(9-14)16-6-7-22-18(11-16)12-23(30-22)21-13-28-25(29-21)24-19(26)4-3-5-20(24)27/h3-13H,1-2H3,(H,28,29). The first-order chi connectivity index (χ1) is 14.5. The lowest BCUT2D eigenvalue weighted by molar-refractivity contribution is 0.627. The Balaban J connectivity index is 1.54. The fraction of sp³-hybridized carbons (Fsp3) is 0.0800. The number of imidazole rings is 1. The number of fused-ring (bicyclic) bond motifs is 1. The molecular weight excluding hydrogens is 399 g/mol. The van der Waals surface area contributed by atoms with Crippen LogP contribution in [0.3, 0.4) is 0 Å². The second kappa shape index (κ2) is 7.15. The fourth-order valence-electron chi connectivity index (χ4n) is 3.79. The minimum Gasteiger partial charge on any atom is -0.454 e. The van der Waals surface area contributed by atoms with Crippen LogP contribution in [0.5, 0.6) is 0 Å². The second-order valence-corrected chi connectivity index (χ2v) is 7.88. The molecule has 30 heavy (non-hydrogen) atoms. The zero-order valence-corrected chi connectivity index (χ0v) is 17.2. The SMILES string of the molecule is Cc1cc(C)cc(-c2ccc3oc(-c4c[nH]c(-c5c(F)cccc5Cl)n4)cc3c2)c1. The van der Waals surface area contributed by atoms with Crippen LogP contribution >= 0.6 is 11.6 Å². The molecule has 5 heteroatoms. The maximum atomic E-state index is 14.2. The summed E-state index contributed by atoms with van der Waals surface area (Å²) in [6, 6.07) is 19.2. The van der Waals surface area contributed by atoms with Crippen LogP contribution in [-0.2, 0) is 0 Å². The number of rotatable bonds is 3. The van der Waals surface area contributed by atoms with Gasteiger partial charge in [-0.2, -0.15) is 0 Å². The highest BCUT2D eigenvalue weighted by atomic mass is 35.5. The van der Waals surface area contributed by atoms with Crippen molar-refractivity contribution in [2.75, 3.05) is 0 Å². The van der Waals surface area contributed by atoms with Crippen LogP contribution in [0.1, 0.15) is 11.1 Å². The number of H-pyrrole nitrogens is 1. The Hall–Kier alpha value is -3.37. The first-order valence-corrected chi connectivity index (χ1v) is 9.98. The van der Waals surface area contributed by atoms with Crippen LogP contribution < -0.4 is 0 Å². The molecule has 1 N–H and O–H groups in total. The van der Waals surface area contributed by atoms with Gasteiger partial charge in [-0.15, -0.1) is 0 Å². The third-order valence-corrected chi connectivity index (χ3v) is 5.42. The van der Waals surface area contributed by atoms with E-state index in [4.69, 9.17) is 16.0 Å². The normalized spacial score (nSPS) is 11.3. The molecular formula is C25H18ClFN2O. The predicted molar refractivity (Wildman–Crippen MR) is 119 cm³/mol. The molecule has 0 saturated heterocycles. The largest absolute Gasteiger partial charge is 0.454 e. The number of benzene rings is 3. The maximum absolute atomic E-state index is 14.2. The van der Waals surface area contributed by atoms with Crippen LogP contribution in [0.2, 0.25) is 5.02 Å². The molecule has 0 amide bonds. The molecule has 2 heterocycles. The van der Waals surface area contributed by atoms with Gasteiger partial charge in [0.2, 0.25) is 0 Å². The van der Waals surface area contributed by atoms with E-state index >= 15 is 0 Å². The van der Waals surface area contributed by atoms with E-state index in [1.807, 2.05) is 12.1 Å². The first-order valence-electron chi connectivity index (χ1n) is 9.60. The van der Waals surface area contributed by atoms with Crippen molar-refractivity contribution in [1.82, 2.24) is 9.97 Å². The number of aromatic nitrogens is 2. The molecule has 0 fully saturated rings.